The van der Waals surface area contributed by atoms with Crippen LogP contribution < -0.4 is 5.73 Å². The third-order valence-corrected chi connectivity index (χ3v) is 2.04. The quantitative estimate of drug-likeness (QED) is 0.741. The molecule has 1 atom stereocenters. The molecule has 0 aromatic carbocycles. The minimum atomic E-state index is -0.0881. The van der Waals surface area contributed by atoms with E-state index >= 15 is 0 Å². The van der Waals surface area contributed by atoms with E-state index in [4.69, 9.17) is 5.73 Å². The van der Waals surface area contributed by atoms with Gasteiger partial charge in [0, 0.05) is 30.8 Å². The topological polar surface area (TPSA) is 56.0 Å². The van der Waals surface area contributed by atoms with E-state index in [2.05, 4.69) is 4.98 Å². The SMILES string of the molecule is CC(=O)[C@@H](CN)Cc1ccccn1. The highest BCUT2D eigenvalue weighted by Crippen LogP contribution is 2.05. The molecular formula is C10H14N2O. The zero-order valence-electron chi connectivity index (χ0n) is 7.73. The average Bonchev–Trinajstić information content (AvgIpc) is 2.15. The maximum atomic E-state index is 11.1. The van der Waals surface area contributed by atoms with E-state index in [-0.39, 0.29) is 11.7 Å². The molecule has 1 rings (SSSR count). The number of rotatable bonds is 4. The molecule has 0 saturated carbocycles. The lowest BCUT2D eigenvalue weighted by Crippen LogP contribution is -2.23. The van der Waals surface area contributed by atoms with E-state index < -0.39 is 0 Å². The Labute approximate surface area is 78.0 Å². The molecule has 0 aliphatic carbocycles. The summed E-state index contributed by atoms with van der Waals surface area (Å²) < 4.78 is 0. The van der Waals surface area contributed by atoms with Crippen molar-refractivity contribution < 1.29 is 4.79 Å². The zero-order valence-corrected chi connectivity index (χ0v) is 7.73. The van der Waals surface area contributed by atoms with Gasteiger partial charge in [0.15, 0.2) is 0 Å². The first-order valence-corrected chi connectivity index (χ1v) is 4.34. The lowest BCUT2D eigenvalue weighted by atomic mass is 9.99. The standard InChI is InChI=1S/C10H14N2O/c1-8(13)9(7-11)6-10-4-2-3-5-12-10/h2-5,9H,6-7,11H2,1H3/t9-/m1/s1. The number of hydrogen-bond donors (Lipinski definition) is 1. The Hall–Kier alpha value is -1.22. The first kappa shape index (κ1) is 9.86. The van der Waals surface area contributed by atoms with Gasteiger partial charge in [-0.2, -0.15) is 0 Å². The normalized spacial score (nSPS) is 12.5. The second kappa shape index (κ2) is 4.72. The van der Waals surface area contributed by atoms with Crippen molar-refractivity contribution >= 4 is 5.78 Å². The molecule has 0 fully saturated rings. The zero-order chi connectivity index (χ0) is 9.68. The summed E-state index contributed by atoms with van der Waals surface area (Å²) in [5.41, 5.74) is 6.40. The lowest BCUT2D eigenvalue weighted by molar-refractivity contribution is -0.120. The van der Waals surface area contributed by atoms with Crippen molar-refractivity contribution in [2.75, 3.05) is 6.54 Å². The number of aromatic nitrogens is 1. The molecule has 0 bridgehead atoms. The van der Waals surface area contributed by atoms with Gasteiger partial charge in [-0.05, 0) is 19.1 Å². The van der Waals surface area contributed by atoms with Crippen molar-refractivity contribution in [2.45, 2.75) is 13.3 Å². The van der Waals surface area contributed by atoms with Gasteiger partial charge in [0.25, 0.3) is 0 Å². The third-order valence-electron chi connectivity index (χ3n) is 2.04. The minimum absolute atomic E-state index is 0.0881. The summed E-state index contributed by atoms with van der Waals surface area (Å²) in [5.74, 6) is 0.0445. The van der Waals surface area contributed by atoms with Gasteiger partial charge in [-0.3, -0.25) is 9.78 Å². The molecule has 0 aliphatic heterocycles. The molecule has 3 nitrogen and oxygen atoms in total. The fourth-order valence-corrected chi connectivity index (χ4v) is 1.16. The van der Waals surface area contributed by atoms with E-state index in [0.29, 0.717) is 13.0 Å². The van der Waals surface area contributed by atoms with Gasteiger partial charge in [-0.15, -0.1) is 0 Å². The highest BCUT2D eigenvalue weighted by atomic mass is 16.1. The summed E-state index contributed by atoms with van der Waals surface area (Å²) in [6.07, 6.45) is 2.37. The predicted octanol–water partition coefficient (Wildman–Crippen LogP) is 0.788. The molecule has 1 heterocycles. The fraction of sp³-hybridized carbons (Fsp3) is 0.400. The summed E-state index contributed by atoms with van der Waals surface area (Å²) in [4.78, 5) is 15.2. The van der Waals surface area contributed by atoms with Crippen LogP contribution in [0.1, 0.15) is 12.6 Å². The molecule has 0 aliphatic rings. The van der Waals surface area contributed by atoms with Crippen LogP contribution in [0.3, 0.4) is 0 Å². The molecule has 0 saturated heterocycles. The van der Waals surface area contributed by atoms with Crippen LogP contribution >= 0.6 is 0 Å². The molecular weight excluding hydrogens is 164 g/mol. The van der Waals surface area contributed by atoms with Crippen molar-refractivity contribution in [3.63, 3.8) is 0 Å². The molecule has 0 unspecified atom stereocenters. The average molecular weight is 178 g/mol. The second-order valence-electron chi connectivity index (χ2n) is 3.07. The van der Waals surface area contributed by atoms with Crippen molar-refractivity contribution in [2.24, 2.45) is 11.7 Å². The van der Waals surface area contributed by atoms with Crippen LogP contribution in [-0.4, -0.2) is 17.3 Å². The summed E-state index contributed by atoms with van der Waals surface area (Å²) in [6, 6.07) is 5.68. The summed E-state index contributed by atoms with van der Waals surface area (Å²) >= 11 is 0. The monoisotopic (exact) mass is 178 g/mol. The van der Waals surface area contributed by atoms with E-state index in [1.165, 1.54) is 0 Å². The van der Waals surface area contributed by atoms with Gasteiger partial charge >= 0.3 is 0 Å². The first-order valence-electron chi connectivity index (χ1n) is 4.34. The molecule has 13 heavy (non-hydrogen) atoms. The third kappa shape index (κ3) is 2.95. The van der Waals surface area contributed by atoms with Crippen LogP contribution in [0, 0.1) is 5.92 Å². The highest BCUT2D eigenvalue weighted by Gasteiger charge is 2.12. The predicted molar refractivity (Wildman–Crippen MR) is 51.2 cm³/mol. The maximum absolute atomic E-state index is 11.1. The molecule has 0 amide bonds. The molecule has 70 valence electrons. The largest absolute Gasteiger partial charge is 0.330 e. The summed E-state index contributed by atoms with van der Waals surface area (Å²) in [7, 11) is 0. The number of hydrogen-bond acceptors (Lipinski definition) is 3. The number of carbonyl (C=O) groups is 1. The first-order chi connectivity index (χ1) is 6.24. The number of pyridine rings is 1. The van der Waals surface area contributed by atoms with Crippen LogP contribution in [0.5, 0.6) is 0 Å². The van der Waals surface area contributed by atoms with E-state index in [0.717, 1.165) is 5.69 Å². The molecule has 3 heteroatoms. The van der Waals surface area contributed by atoms with E-state index in [9.17, 15) is 4.79 Å². The Bertz CT molecular complexity index is 272. The Morgan fingerprint density at radius 3 is 2.85 bits per heavy atom. The van der Waals surface area contributed by atoms with Crippen molar-refractivity contribution in [3.05, 3.63) is 30.1 Å². The van der Waals surface area contributed by atoms with Gasteiger partial charge in [0.05, 0.1) is 0 Å². The minimum Gasteiger partial charge on any atom is -0.330 e. The Kier molecular flexibility index (Phi) is 3.58. The van der Waals surface area contributed by atoms with Crippen molar-refractivity contribution in [3.8, 4) is 0 Å². The number of nitrogens with two attached hydrogens (primary N) is 1. The van der Waals surface area contributed by atoms with E-state index in [1.54, 1.807) is 13.1 Å². The molecule has 0 radical (unpaired) electrons. The van der Waals surface area contributed by atoms with Crippen LogP contribution in [0.2, 0.25) is 0 Å². The summed E-state index contributed by atoms with van der Waals surface area (Å²) in [5, 5.41) is 0. The summed E-state index contributed by atoms with van der Waals surface area (Å²) in [6.45, 7) is 1.96. The van der Waals surface area contributed by atoms with Crippen molar-refractivity contribution in [1.29, 1.82) is 0 Å². The number of nitrogens with zero attached hydrogens (tertiary/aromatic N) is 1. The lowest BCUT2D eigenvalue weighted by Gasteiger charge is -2.09. The van der Waals surface area contributed by atoms with Gasteiger partial charge in [0.1, 0.15) is 5.78 Å². The second-order valence-corrected chi connectivity index (χ2v) is 3.07. The van der Waals surface area contributed by atoms with Crippen LogP contribution in [0.25, 0.3) is 0 Å². The highest BCUT2D eigenvalue weighted by molar-refractivity contribution is 5.78. The number of Topliss-reactive ketones (excluding diaryl/α,β-unsaturated/α-hetero) is 1. The Morgan fingerprint density at radius 2 is 2.38 bits per heavy atom. The smallest absolute Gasteiger partial charge is 0.134 e. The van der Waals surface area contributed by atoms with Gasteiger partial charge in [-0.25, -0.2) is 0 Å². The number of ketones is 1. The van der Waals surface area contributed by atoms with E-state index in [1.807, 2.05) is 18.2 Å². The molecule has 1 aromatic heterocycles. The molecule has 0 spiro atoms. The van der Waals surface area contributed by atoms with Crippen molar-refractivity contribution in [1.82, 2.24) is 4.98 Å². The molecule has 1 aromatic rings. The fourth-order valence-electron chi connectivity index (χ4n) is 1.16. The Morgan fingerprint density at radius 1 is 1.62 bits per heavy atom. The van der Waals surface area contributed by atoms with Gasteiger partial charge < -0.3 is 5.73 Å². The van der Waals surface area contributed by atoms with Crippen LogP contribution in [0.4, 0.5) is 0 Å². The van der Waals surface area contributed by atoms with Gasteiger partial charge in [0.2, 0.25) is 0 Å². The van der Waals surface area contributed by atoms with Crippen LogP contribution in [-0.2, 0) is 11.2 Å². The Balaban J connectivity index is 2.62. The van der Waals surface area contributed by atoms with Crippen LogP contribution in [0.15, 0.2) is 24.4 Å². The molecule has 2 N–H and O–H groups in total. The maximum Gasteiger partial charge on any atom is 0.134 e. The van der Waals surface area contributed by atoms with Gasteiger partial charge in [-0.1, -0.05) is 6.07 Å². The number of carbonyl (C=O) groups excluding carboxylic acids is 1.